The first kappa shape index (κ1) is 13.9. The van der Waals surface area contributed by atoms with Gasteiger partial charge in [-0.1, -0.05) is 6.92 Å². The van der Waals surface area contributed by atoms with Gasteiger partial charge in [-0.15, -0.1) is 0 Å². The average Bonchev–Trinajstić information content (AvgIpc) is 2.41. The van der Waals surface area contributed by atoms with E-state index >= 15 is 0 Å². The molecule has 2 amide bonds. The van der Waals surface area contributed by atoms with Gasteiger partial charge < -0.3 is 10.6 Å². The summed E-state index contributed by atoms with van der Waals surface area (Å²) < 4.78 is 0. The molecular weight excluding hydrogens is 252 g/mol. The van der Waals surface area contributed by atoms with Crippen molar-refractivity contribution >= 4 is 11.8 Å². The molecule has 4 heteroatoms. The summed E-state index contributed by atoms with van der Waals surface area (Å²) in [5.41, 5.74) is -0.0660. The van der Waals surface area contributed by atoms with Crippen LogP contribution < -0.4 is 10.6 Å². The fourth-order valence-corrected chi connectivity index (χ4v) is 5.08. The maximum Gasteiger partial charge on any atom is 0.226 e. The molecule has 0 aromatic carbocycles. The molecule has 0 aromatic rings. The molecular formula is C16H26N2O2. The topological polar surface area (TPSA) is 58.2 Å². The highest BCUT2D eigenvalue weighted by Crippen LogP contribution is 2.60. The van der Waals surface area contributed by atoms with E-state index in [1.807, 2.05) is 6.92 Å². The molecule has 0 unspecified atom stereocenters. The highest BCUT2D eigenvalue weighted by Gasteiger charge is 2.54. The van der Waals surface area contributed by atoms with Gasteiger partial charge in [-0.05, 0) is 56.3 Å². The van der Waals surface area contributed by atoms with E-state index in [1.165, 1.54) is 19.3 Å². The first-order chi connectivity index (χ1) is 9.61. The Hall–Kier alpha value is -1.06. The maximum absolute atomic E-state index is 12.6. The average molecular weight is 278 g/mol. The molecule has 4 fully saturated rings. The summed E-state index contributed by atoms with van der Waals surface area (Å²) in [4.78, 5) is 23.7. The highest BCUT2D eigenvalue weighted by molar-refractivity contribution is 5.83. The Labute approximate surface area is 121 Å². The number of nitrogens with one attached hydrogen (secondary N) is 2. The van der Waals surface area contributed by atoms with Gasteiger partial charge >= 0.3 is 0 Å². The molecule has 0 atom stereocenters. The van der Waals surface area contributed by atoms with E-state index in [9.17, 15) is 9.59 Å². The molecule has 4 aliphatic carbocycles. The van der Waals surface area contributed by atoms with Crippen LogP contribution in [-0.4, -0.2) is 24.9 Å². The third-order valence-electron chi connectivity index (χ3n) is 5.57. The lowest BCUT2D eigenvalue weighted by Gasteiger charge is -2.55. The lowest BCUT2D eigenvalue weighted by atomic mass is 9.49. The van der Waals surface area contributed by atoms with Gasteiger partial charge in [-0.3, -0.25) is 9.59 Å². The summed E-state index contributed by atoms with van der Waals surface area (Å²) in [6.07, 6.45) is 7.89. The minimum Gasteiger partial charge on any atom is -0.354 e. The highest BCUT2D eigenvalue weighted by atomic mass is 16.2. The van der Waals surface area contributed by atoms with Crippen molar-refractivity contribution in [2.45, 2.75) is 51.9 Å². The molecule has 0 radical (unpaired) electrons. The fourth-order valence-electron chi connectivity index (χ4n) is 5.08. The summed E-state index contributed by atoms with van der Waals surface area (Å²) >= 11 is 0. The number of amides is 2. The molecule has 4 aliphatic rings. The zero-order valence-electron chi connectivity index (χ0n) is 12.4. The van der Waals surface area contributed by atoms with Gasteiger partial charge in [0.05, 0.1) is 0 Å². The van der Waals surface area contributed by atoms with E-state index in [-0.39, 0.29) is 17.2 Å². The summed E-state index contributed by atoms with van der Waals surface area (Å²) in [6, 6.07) is 0. The van der Waals surface area contributed by atoms with Crippen LogP contribution in [0.4, 0.5) is 0 Å². The lowest BCUT2D eigenvalue weighted by molar-refractivity contribution is -0.146. The van der Waals surface area contributed by atoms with E-state index in [0.717, 1.165) is 37.0 Å². The first-order valence-corrected chi connectivity index (χ1v) is 8.16. The molecule has 4 rings (SSSR count). The zero-order chi connectivity index (χ0) is 14.2. The SMILES string of the molecule is CCC(=O)NCCNC(=O)C12CC3CC(CC(C3)C1)C2. The normalized spacial score (nSPS) is 37.8. The quantitative estimate of drug-likeness (QED) is 0.754. The molecule has 0 saturated heterocycles. The van der Waals surface area contributed by atoms with Gasteiger partial charge in [-0.2, -0.15) is 0 Å². The van der Waals surface area contributed by atoms with E-state index in [1.54, 1.807) is 0 Å². The van der Waals surface area contributed by atoms with Gasteiger partial charge in [0, 0.05) is 24.9 Å². The second kappa shape index (κ2) is 5.38. The lowest BCUT2D eigenvalue weighted by Crippen LogP contribution is -2.54. The second-order valence-electron chi connectivity index (χ2n) is 7.16. The summed E-state index contributed by atoms with van der Waals surface area (Å²) in [5.74, 6) is 2.70. The van der Waals surface area contributed by atoms with Crippen LogP contribution >= 0.6 is 0 Å². The van der Waals surface area contributed by atoms with Crippen LogP contribution in [0.15, 0.2) is 0 Å². The Morgan fingerprint density at radius 2 is 1.45 bits per heavy atom. The van der Waals surface area contributed by atoms with Gasteiger partial charge in [0.2, 0.25) is 11.8 Å². The van der Waals surface area contributed by atoms with Crippen molar-refractivity contribution in [3.63, 3.8) is 0 Å². The monoisotopic (exact) mass is 278 g/mol. The molecule has 112 valence electrons. The van der Waals surface area contributed by atoms with Crippen LogP contribution in [-0.2, 0) is 9.59 Å². The smallest absolute Gasteiger partial charge is 0.226 e. The van der Waals surface area contributed by atoms with Crippen LogP contribution in [0.5, 0.6) is 0 Å². The molecule has 0 aliphatic heterocycles. The Bertz CT molecular complexity index is 370. The number of carbonyl (C=O) groups is 2. The molecule has 0 heterocycles. The van der Waals surface area contributed by atoms with Gasteiger partial charge in [0.25, 0.3) is 0 Å². The molecule has 20 heavy (non-hydrogen) atoms. The number of rotatable bonds is 5. The molecule has 0 aromatic heterocycles. The van der Waals surface area contributed by atoms with Gasteiger partial charge in [0.15, 0.2) is 0 Å². The third kappa shape index (κ3) is 2.57. The summed E-state index contributed by atoms with van der Waals surface area (Å²) in [7, 11) is 0. The van der Waals surface area contributed by atoms with Crippen molar-refractivity contribution in [3.05, 3.63) is 0 Å². The Morgan fingerprint density at radius 1 is 0.950 bits per heavy atom. The van der Waals surface area contributed by atoms with E-state index in [4.69, 9.17) is 0 Å². The number of hydrogen-bond acceptors (Lipinski definition) is 2. The van der Waals surface area contributed by atoms with Crippen molar-refractivity contribution in [2.24, 2.45) is 23.2 Å². The maximum atomic E-state index is 12.6. The molecule has 4 saturated carbocycles. The largest absolute Gasteiger partial charge is 0.354 e. The van der Waals surface area contributed by atoms with E-state index < -0.39 is 0 Å². The van der Waals surface area contributed by atoms with Crippen LogP contribution in [0.3, 0.4) is 0 Å². The zero-order valence-corrected chi connectivity index (χ0v) is 12.4. The third-order valence-corrected chi connectivity index (χ3v) is 5.57. The number of hydrogen-bond donors (Lipinski definition) is 2. The van der Waals surface area contributed by atoms with Gasteiger partial charge in [0.1, 0.15) is 0 Å². The van der Waals surface area contributed by atoms with Crippen LogP contribution in [0.1, 0.15) is 51.9 Å². The fraction of sp³-hybridized carbons (Fsp3) is 0.875. The standard InChI is InChI=1S/C16H26N2O2/c1-2-14(19)17-3-4-18-15(20)16-8-11-5-12(9-16)7-13(6-11)10-16/h11-13H,2-10H2,1H3,(H,17,19)(H,18,20). The molecule has 4 bridgehead atoms. The van der Waals surface area contributed by atoms with Crippen LogP contribution in [0, 0.1) is 23.2 Å². The predicted octanol–water partition coefficient (Wildman–Crippen LogP) is 1.85. The van der Waals surface area contributed by atoms with Crippen molar-refractivity contribution in [3.8, 4) is 0 Å². The van der Waals surface area contributed by atoms with Crippen molar-refractivity contribution < 1.29 is 9.59 Å². The Morgan fingerprint density at radius 3 is 1.95 bits per heavy atom. The van der Waals surface area contributed by atoms with Crippen LogP contribution in [0.2, 0.25) is 0 Å². The Balaban J connectivity index is 1.51. The predicted molar refractivity (Wildman–Crippen MR) is 76.9 cm³/mol. The molecule has 0 spiro atoms. The Kier molecular flexibility index (Phi) is 3.74. The van der Waals surface area contributed by atoms with Crippen molar-refractivity contribution in [1.29, 1.82) is 0 Å². The summed E-state index contributed by atoms with van der Waals surface area (Å²) in [5, 5.41) is 5.87. The van der Waals surface area contributed by atoms with Crippen molar-refractivity contribution in [1.82, 2.24) is 10.6 Å². The van der Waals surface area contributed by atoms with Crippen molar-refractivity contribution in [2.75, 3.05) is 13.1 Å². The second-order valence-corrected chi connectivity index (χ2v) is 7.16. The minimum atomic E-state index is -0.0660. The number of carbonyl (C=O) groups excluding carboxylic acids is 2. The molecule has 4 nitrogen and oxygen atoms in total. The van der Waals surface area contributed by atoms with E-state index in [0.29, 0.717) is 19.5 Å². The molecule has 2 N–H and O–H groups in total. The van der Waals surface area contributed by atoms with Crippen LogP contribution in [0.25, 0.3) is 0 Å². The van der Waals surface area contributed by atoms with Gasteiger partial charge in [-0.25, -0.2) is 0 Å². The minimum absolute atomic E-state index is 0.0500. The summed E-state index contributed by atoms with van der Waals surface area (Å²) in [6.45, 7) is 2.94. The first-order valence-electron chi connectivity index (χ1n) is 8.16. The van der Waals surface area contributed by atoms with E-state index in [2.05, 4.69) is 10.6 Å².